The highest BCUT2D eigenvalue weighted by Gasteiger charge is 2.42. The monoisotopic (exact) mass is 893 g/mol. The molecule has 6 aromatic rings. The molecule has 2 saturated heterocycles. The van der Waals surface area contributed by atoms with E-state index >= 15 is 9.18 Å². The number of likely N-dealkylation sites (tertiary alicyclic amines) is 1. The van der Waals surface area contributed by atoms with Crippen LogP contribution in [-0.2, 0) is 17.8 Å². The summed E-state index contributed by atoms with van der Waals surface area (Å²) in [6.07, 6.45) is -5.51. The second kappa shape index (κ2) is 16.8. The molecule has 2 atom stereocenters. The predicted octanol–water partition coefficient (Wildman–Crippen LogP) is 3.49. The molecule has 7 heterocycles. The lowest BCUT2D eigenvalue weighted by Gasteiger charge is -2.39. The summed E-state index contributed by atoms with van der Waals surface area (Å²) in [5, 5.41) is 47.3. The summed E-state index contributed by atoms with van der Waals surface area (Å²) in [6, 6.07) is 9.93. The fraction of sp³-hybridized carbons (Fsp3) is 0.429. The van der Waals surface area contributed by atoms with Gasteiger partial charge >= 0.3 is 12.3 Å². The van der Waals surface area contributed by atoms with Crippen LogP contribution in [0.4, 0.5) is 33.6 Å². The number of aliphatic hydroxyl groups is 4. The number of nitrogens with zero attached hydrogens (tertiary/aromatic N) is 10. The first-order chi connectivity index (χ1) is 30.5. The minimum atomic E-state index is -4.38. The van der Waals surface area contributed by atoms with Crippen molar-refractivity contribution >= 4 is 39.6 Å². The van der Waals surface area contributed by atoms with Crippen molar-refractivity contribution in [3.8, 4) is 22.7 Å². The van der Waals surface area contributed by atoms with Crippen molar-refractivity contribution in [2.75, 3.05) is 56.1 Å². The number of halogens is 5. The number of imidazole rings is 1. The van der Waals surface area contributed by atoms with Gasteiger partial charge in [-0.25, -0.2) is 33.4 Å². The van der Waals surface area contributed by atoms with E-state index in [2.05, 4.69) is 15.4 Å². The molecule has 2 fully saturated rings. The SMILES string of the molecule is Cc1nc2cc(F)cc3c2n1CCCN(CCCO)C(=O)C1CC(CN1c1nc(CC2CN(CC(F)(F)F)C2)nc2c1cnn2-c1ccc(F)cc1OC(O)(O)O)Nc1cccc-3n1. The van der Waals surface area contributed by atoms with Crippen LogP contribution < -0.4 is 15.0 Å². The van der Waals surface area contributed by atoms with Crippen LogP contribution in [-0.4, -0.2) is 141 Å². The van der Waals surface area contributed by atoms with Crippen LogP contribution in [0, 0.1) is 24.5 Å². The lowest BCUT2D eigenvalue weighted by molar-refractivity contribution is -0.419. The molecule has 22 heteroatoms. The molecule has 2 aromatic carbocycles. The lowest BCUT2D eigenvalue weighted by atomic mass is 9.96. The number of hydrogen-bond acceptors (Lipinski definition) is 14. The average Bonchev–Trinajstić information content (AvgIpc) is 3.91. The molecule has 64 heavy (non-hydrogen) atoms. The van der Waals surface area contributed by atoms with Crippen molar-refractivity contribution < 1.29 is 51.9 Å². The predicted molar refractivity (Wildman–Crippen MR) is 220 cm³/mol. The van der Waals surface area contributed by atoms with Crippen LogP contribution in [0.15, 0.2) is 54.7 Å². The van der Waals surface area contributed by atoms with E-state index in [1.165, 1.54) is 34.0 Å². The molecule has 3 aliphatic rings. The van der Waals surface area contributed by atoms with Crippen LogP contribution >= 0.6 is 0 Å². The van der Waals surface area contributed by atoms with Crippen LogP contribution in [0.1, 0.15) is 30.9 Å². The van der Waals surface area contributed by atoms with Gasteiger partial charge in [0, 0.05) is 76.0 Å². The van der Waals surface area contributed by atoms with E-state index < -0.39 is 48.3 Å². The van der Waals surface area contributed by atoms with Gasteiger partial charge in [0.2, 0.25) is 5.91 Å². The molecule has 0 radical (unpaired) electrons. The van der Waals surface area contributed by atoms with Crippen molar-refractivity contribution in [3.63, 3.8) is 0 Å². The van der Waals surface area contributed by atoms with Gasteiger partial charge in [-0.05, 0) is 62.4 Å². The molecular weight excluding hydrogens is 850 g/mol. The van der Waals surface area contributed by atoms with E-state index in [0.29, 0.717) is 58.7 Å². The van der Waals surface area contributed by atoms with E-state index in [1.807, 2.05) is 16.4 Å². The standard InChI is InChI=1S/C42H44F5N11O6/c1-23-49-31-15-26(44)14-28-30-5-2-6-35(51-30)50-27-17-33(40(60)55(10-4-12-59)9-3-11-56(23)37(28)31)57(21-27)38-29-18-48-58(32-8-7-25(43)16-34(32)64-42(61,62)63)39(29)53-36(52-38)13-24-19-54(20-24)22-41(45,46)47/h2,5-8,14-16,18,24,27,33,59,61-63H,3-4,9-13,17,19-22H2,1H3,(H,50,51). The number of hydrogen-bond donors (Lipinski definition) is 5. The number of aromatic nitrogens is 7. The number of fused-ring (bicyclic) bond motifs is 6. The molecule has 4 bridgehead atoms. The van der Waals surface area contributed by atoms with Crippen molar-refractivity contribution in [2.24, 2.45) is 5.92 Å². The van der Waals surface area contributed by atoms with E-state index in [4.69, 9.17) is 19.7 Å². The number of aryl methyl sites for hydroxylation is 2. The van der Waals surface area contributed by atoms with Crippen molar-refractivity contribution in [3.05, 3.63) is 78.0 Å². The summed E-state index contributed by atoms with van der Waals surface area (Å²) in [6.45, 7) is 1.97. The van der Waals surface area contributed by atoms with Crippen LogP contribution in [0.2, 0.25) is 0 Å². The van der Waals surface area contributed by atoms with Crippen molar-refractivity contribution in [1.82, 2.24) is 44.1 Å². The normalized spacial score (nSPS) is 18.9. The smallest absolute Gasteiger partial charge is 0.414 e. The molecule has 338 valence electrons. The third-order valence-electron chi connectivity index (χ3n) is 11.7. The van der Waals surface area contributed by atoms with Gasteiger partial charge in [-0.15, -0.1) is 0 Å². The Morgan fingerprint density at radius 2 is 1.77 bits per heavy atom. The first-order valence-electron chi connectivity index (χ1n) is 20.8. The van der Waals surface area contributed by atoms with Gasteiger partial charge in [0.15, 0.2) is 11.4 Å². The van der Waals surface area contributed by atoms with Gasteiger partial charge < -0.3 is 44.8 Å². The van der Waals surface area contributed by atoms with Crippen LogP contribution in [0.3, 0.4) is 0 Å². The summed E-state index contributed by atoms with van der Waals surface area (Å²) in [4.78, 5) is 39.1. The lowest BCUT2D eigenvalue weighted by Crippen LogP contribution is -2.51. The first kappa shape index (κ1) is 43.2. The second-order valence-electron chi connectivity index (χ2n) is 16.5. The van der Waals surface area contributed by atoms with Crippen molar-refractivity contribution in [2.45, 2.75) is 63.6 Å². The minimum Gasteiger partial charge on any atom is -0.414 e. The number of anilines is 2. The number of amides is 1. The quantitative estimate of drug-likeness (QED) is 0.0988. The molecular formula is C42H44F5N11O6. The Hall–Kier alpha value is -6.07. The van der Waals surface area contributed by atoms with Crippen LogP contribution in [0.5, 0.6) is 5.75 Å². The number of benzene rings is 2. The Labute approximate surface area is 361 Å². The molecule has 9 rings (SSSR count). The highest BCUT2D eigenvalue weighted by Crippen LogP contribution is 2.37. The van der Waals surface area contributed by atoms with E-state index in [-0.39, 0.29) is 87.0 Å². The van der Waals surface area contributed by atoms with E-state index in [9.17, 15) is 38.0 Å². The molecule has 5 N–H and O–H groups in total. The van der Waals surface area contributed by atoms with Crippen LogP contribution in [0.25, 0.3) is 39.0 Å². The molecule has 0 aliphatic carbocycles. The third-order valence-corrected chi connectivity index (χ3v) is 11.7. The van der Waals surface area contributed by atoms with Gasteiger partial charge in [0.25, 0.3) is 0 Å². The third kappa shape index (κ3) is 8.87. The highest BCUT2D eigenvalue weighted by atomic mass is 19.4. The number of carbonyl (C=O) groups is 1. The molecule has 1 amide bonds. The summed E-state index contributed by atoms with van der Waals surface area (Å²) in [7, 11) is 0. The zero-order chi connectivity index (χ0) is 45.1. The Balaban J connectivity index is 1.15. The fourth-order valence-electron chi connectivity index (χ4n) is 9.09. The molecule has 4 aromatic heterocycles. The number of aliphatic hydroxyl groups excluding tert-OH is 1. The molecule has 0 spiro atoms. The fourth-order valence-corrected chi connectivity index (χ4v) is 9.09. The zero-order valence-corrected chi connectivity index (χ0v) is 34.4. The number of pyridine rings is 1. The molecule has 3 aliphatic heterocycles. The number of carbonyl (C=O) groups excluding carboxylic acids is 1. The van der Waals surface area contributed by atoms with Gasteiger partial charge in [-0.2, -0.15) is 18.3 Å². The summed E-state index contributed by atoms with van der Waals surface area (Å²) < 4.78 is 77.3. The van der Waals surface area contributed by atoms with E-state index in [0.717, 1.165) is 12.1 Å². The van der Waals surface area contributed by atoms with Gasteiger partial charge in [-0.1, -0.05) is 6.07 Å². The molecule has 0 saturated carbocycles. The number of nitrogens with one attached hydrogen (secondary N) is 1. The zero-order valence-electron chi connectivity index (χ0n) is 34.4. The van der Waals surface area contributed by atoms with Gasteiger partial charge in [0.1, 0.15) is 46.6 Å². The van der Waals surface area contributed by atoms with Crippen molar-refractivity contribution in [1.29, 1.82) is 0 Å². The van der Waals surface area contributed by atoms with Gasteiger partial charge in [-0.3, -0.25) is 9.69 Å². The maximum atomic E-state index is 15.1. The molecule has 2 unspecified atom stereocenters. The topological polar surface area (TPSA) is 203 Å². The summed E-state index contributed by atoms with van der Waals surface area (Å²) in [5.41, 5.74) is 2.26. The molecule has 17 nitrogen and oxygen atoms in total. The second-order valence-corrected chi connectivity index (χ2v) is 16.5. The first-order valence-corrected chi connectivity index (χ1v) is 20.8. The average molecular weight is 894 g/mol. The summed E-state index contributed by atoms with van der Waals surface area (Å²) >= 11 is 0. The maximum absolute atomic E-state index is 15.1. The minimum absolute atomic E-state index is 0.0726. The highest BCUT2D eigenvalue weighted by molar-refractivity contribution is 5.94. The Morgan fingerprint density at radius 3 is 2.53 bits per heavy atom. The Kier molecular flexibility index (Phi) is 11.3. The number of ether oxygens (including phenoxy) is 1. The van der Waals surface area contributed by atoms with E-state index in [1.54, 1.807) is 23.1 Å². The maximum Gasteiger partial charge on any atom is 0.453 e. The van der Waals surface area contributed by atoms with Gasteiger partial charge in [0.05, 0.1) is 34.9 Å². The Bertz CT molecular complexity index is 2720. The Morgan fingerprint density at radius 1 is 0.953 bits per heavy atom. The number of alkyl halides is 3. The number of rotatable bonds is 10. The summed E-state index contributed by atoms with van der Waals surface area (Å²) in [5.74, 6) is -0.793. The largest absolute Gasteiger partial charge is 0.453 e.